The van der Waals surface area contributed by atoms with E-state index in [1.807, 2.05) is 0 Å². The first-order valence-corrected chi connectivity index (χ1v) is 10.9. The van der Waals surface area contributed by atoms with E-state index in [1.165, 1.54) is 16.7 Å². The third kappa shape index (κ3) is 3.53. The number of nitrogens with two attached hydrogens (primary N) is 2. The van der Waals surface area contributed by atoms with Crippen LogP contribution in [0.25, 0.3) is 5.57 Å². The van der Waals surface area contributed by atoms with Crippen LogP contribution in [-0.4, -0.2) is 36.5 Å². The van der Waals surface area contributed by atoms with E-state index in [-0.39, 0.29) is 18.4 Å². The Morgan fingerprint density at radius 3 is 2.83 bits per heavy atom. The van der Waals surface area contributed by atoms with Gasteiger partial charge in [-0.25, -0.2) is 0 Å². The molecule has 5 heteroatoms. The molecule has 2 aliphatic carbocycles. The van der Waals surface area contributed by atoms with E-state index in [1.54, 1.807) is 0 Å². The average molecular weight is 404 g/mol. The minimum atomic E-state index is -0.298. The predicted octanol–water partition coefficient (Wildman–Crippen LogP) is 2.83. The molecule has 0 spiro atoms. The molecule has 1 unspecified atom stereocenters. The summed E-state index contributed by atoms with van der Waals surface area (Å²) in [5, 5.41) is 0. The Morgan fingerprint density at radius 1 is 1.17 bits per heavy atom. The number of allylic oxidation sites excluding steroid dienone is 1. The quantitative estimate of drug-likeness (QED) is 0.777. The monoisotopic (exact) mass is 403 g/mol. The lowest BCUT2D eigenvalue weighted by Crippen LogP contribution is -2.39. The van der Waals surface area contributed by atoms with Crippen LogP contribution >= 0.6 is 0 Å². The smallest absolute Gasteiger partial charge is 0.221 e. The molecule has 30 heavy (non-hydrogen) atoms. The molecule has 2 aromatic rings. The second kappa shape index (κ2) is 7.89. The van der Waals surface area contributed by atoms with Crippen LogP contribution in [0.3, 0.4) is 0 Å². The summed E-state index contributed by atoms with van der Waals surface area (Å²) < 4.78 is 6.66. The van der Waals surface area contributed by atoms with Gasteiger partial charge in [-0.05, 0) is 78.2 Å². The maximum atomic E-state index is 11.4. The second-order valence-electron chi connectivity index (χ2n) is 8.79. The Kier molecular flexibility index (Phi) is 5.09. The molecule has 156 valence electrons. The van der Waals surface area contributed by atoms with Crippen LogP contribution in [0.2, 0.25) is 0 Å². The van der Waals surface area contributed by atoms with Crippen LogP contribution in [0.15, 0.2) is 48.5 Å². The number of carbonyl (C=O) groups is 1. The molecule has 0 radical (unpaired) electrons. The molecule has 1 heterocycles. The van der Waals surface area contributed by atoms with Crippen molar-refractivity contribution in [1.29, 1.82) is 0 Å². The first kappa shape index (κ1) is 19.3. The maximum Gasteiger partial charge on any atom is 0.221 e. The molecule has 1 aliphatic heterocycles. The fourth-order valence-corrected chi connectivity index (χ4v) is 5.31. The highest BCUT2D eigenvalue weighted by Gasteiger charge is 2.40. The number of rotatable bonds is 6. The molecule has 4 N–H and O–H groups in total. The topological polar surface area (TPSA) is 81.6 Å². The predicted molar refractivity (Wildman–Crippen MR) is 118 cm³/mol. The summed E-state index contributed by atoms with van der Waals surface area (Å²) in [6, 6.07) is 15.2. The van der Waals surface area contributed by atoms with Crippen LogP contribution in [0.4, 0.5) is 0 Å². The number of carbonyl (C=O) groups excluding carboxylic acids is 1. The molecule has 1 saturated heterocycles. The zero-order chi connectivity index (χ0) is 20.7. The molecule has 0 saturated carbocycles. The number of fused-ring (bicyclic) bond motifs is 2. The van der Waals surface area contributed by atoms with Crippen LogP contribution < -0.4 is 16.2 Å². The molecule has 5 nitrogen and oxygen atoms in total. The second-order valence-corrected chi connectivity index (χ2v) is 8.79. The number of ether oxygens (including phenoxy) is 1. The first-order valence-electron chi connectivity index (χ1n) is 10.9. The Morgan fingerprint density at radius 2 is 2.03 bits per heavy atom. The maximum absolute atomic E-state index is 11.4. The van der Waals surface area contributed by atoms with E-state index < -0.39 is 0 Å². The van der Waals surface area contributed by atoms with Crippen molar-refractivity contribution >= 4 is 11.5 Å². The highest BCUT2D eigenvalue weighted by molar-refractivity contribution is 5.90. The molecule has 3 aliphatic rings. The third-order valence-electron chi connectivity index (χ3n) is 6.88. The zero-order valence-electron chi connectivity index (χ0n) is 17.2. The highest BCUT2D eigenvalue weighted by atomic mass is 16.5. The number of nitrogens with zero attached hydrogens (tertiary/aromatic N) is 1. The van der Waals surface area contributed by atoms with Gasteiger partial charge >= 0.3 is 0 Å². The van der Waals surface area contributed by atoms with Crippen LogP contribution in [0.5, 0.6) is 5.75 Å². The van der Waals surface area contributed by atoms with Crippen LogP contribution in [0, 0.1) is 5.92 Å². The van der Waals surface area contributed by atoms with Crippen LogP contribution in [0.1, 0.15) is 41.2 Å². The van der Waals surface area contributed by atoms with Gasteiger partial charge in [0.05, 0.1) is 12.5 Å². The number of hydrogen-bond donors (Lipinski definition) is 2. The number of amides is 1. The van der Waals surface area contributed by atoms with Crippen molar-refractivity contribution in [2.75, 3.05) is 19.6 Å². The fraction of sp³-hybridized carbons (Fsp3) is 0.400. The Bertz CT molecular complexity index is 1000. The van der Waals surface area contributed by atoms with E-state index in [0.717, 1.165) is 55.8 Å². The average Bonchev–Trinajstić information content (AvgIpc) is 3.45. The number of benzene rings is 2. The molecular weight excluding hydrogens is 374 g/mol. The summed E-state index contributed by atoms with van der Waals surface area (Å²) in [6.45, 7) is 2.88. The van der Waals surface area contributed by atoms with Crippen molar-refractivity contribution in [1.82, 2.24) is 4.90 Å². The van der Waals surface area contributed by atoms with Crippen molar-refractivity contribution in [2.24, 2.45) is 17.4 Å². The van der Waals surface area contributed by atoms with Crippen molar-refractivity contribution in [2.45, 2.75) is 37.8 Å². The Labute approximate surface area is 177 Å². The van der Waals surface area contributed by atoms with Gasteiger partial charge in [0.1, 0.15) is 11.9 Å². The first-order chi connectivity index (χ1) is 14.6. The highest BCUT2D eigenvalue weighted by Crippen LogP contribution is 2.41. The molecular formula is C25H29N3O2. The lowest BCUT2D eigenvalue weighted by atomic mass is 10.0. The Hall–Kier alpha value is -2.63. The SMILES string of the molecule is NCC1CCN([C@@H]2Cc3ccccc3[C@H]2Oc2ccc3c(c2)C(CC(N)=O)=CC3)C1. The molecule has 1 fully saturated rings. The van der Waals surface area contributed by atoms with Crippen molar-refractivity contribution in [3.05, 3.63) is 70.8 Å². The summed E-state index contributed by atoms with van der Waals surface area (Å²) in [4.78, 5) is 14.0. The van der Waals surface area contributed by atoms with Gasteiger partial charge in [0.2, 0.25) is 5.91 Å². The van der Waals surface area contributed by atoms with Crippen molar-refractivity contribution < 1.29 is 9.53 Å². The lowest BCUT2D eigenvalue weighted by Gasteiger charge is -2.30. The van der Waals surface area contributed by atoms with E-state index in [2.05, 4.69) is 53.4 Å². The van der Waals surface area contributed by atoms with E-state index in [0.29, 0.717) is 12.0 Å². The van der Waals surface area contributed by atoms with Crippen LogP contribution in [-0.2, 0) is 17.6 Å². The van der Waals surface area contributed by atoms with E-state index in [4.69, 9.17) is 16.2 Å². The third-order valence-corrected chi connectivity index (χ3v) is 6.88. The molecule has 5 rings (SSSR count). The number of likely N-dealkylation sites (tertiary alicyclic amines) is 1. The summed E-state index contributed by atoms with van der Waals surface area (Å²) in [7, 11) is 0. The van der Waals surface area contributed by atoms with E-state index in [9.17, 15) is 4.79 Å². The normalized spacial score (nSPS) is 25.1. The minimum Gasteiger partial charge on any atom is -0.484 e. The van der Waals surface area contributed by atoms with Crippen molar-refractivity contribution in [3.8, 4) is 5.75 Å². The van der Waals surface area contributed by atoms with Gasteiger partial charge in [0, 0.05) is 6.54 Å². The largest absolute Gasteiger partial charge is 0.484 e. The fourth-order valence-electron chi connectivity index (χ4n) is 5.31. The summed E-state index contributed by atoms with van der Waals surface area (Å²) in [5.41, 5.74) is 17.4. The molecule has 0 bridgehead atoms. The van der Waals surface area contributed by atoms with Gasteiger partial charge in [0.15, 0.2) is 0 Å². The zero-order valence-corrected chi connectivity index (χ0v) is 17.2. The van der Waals surface area contributed by atoms with Gasteiger partial charge in [0.25, 0.3) is 0 Å². The molecule has 1 amide bonds. The lowest BCUT2D eigenvalue weighted by molar-refractivity contribution is -0.117. The van der Waals surface area contributed by atoms with Gasteiger partial charge in [-0.1, -0.05) is 36.4 Å². The van der Waals surface area contributed by atoms with E-state index >= 15 is 0 Å². The van der Waals surface area contributed by atoms with Gasteiger partial charge in [-0.15, -0.1) is 0 Å². The summed E-state index contributed by atoms with van der Waals surface area (Å²) in [5.74, 6) is 1.14. The summed E-state index contributed by atoms with van der Waals surface area (Å²) >= 11 is 0. The van der Waals surface area contributed by atoms with Gasteiger partial charge in [-0.2, -0.15) is 0 Å². The van der Waals surface area contributed by atoms with Gasteiger partial charge < -0.3 is 16.2 Å². The van der Waals surface area contributed by atoms with Crippen molar-refractivity contribution in [3.63, 3.8) is 0 Å². The molecule has 3 atom stereocenters. The Balaban J connectivity index is 1.42. The molecule has 0 aromatic heterocycles. The number of hydrogen-bond acceptors (Lipinski definition) is 4. The standard InChI is InChI=1S/C25H29N3O2/c26-14-16-9-10-28(15-16)23-11-18-3-1-2-4-21(18)25(23)30-20-8-7-17-5-6-19(12-24(27)29)22(17)13-20/h1-4,6-8,13,16,23,25H,5,9-12,14-15,26H2,(H2,27,29)/t16?,23-,25-/m1/s1. The number of primary amides is 1. The summed E-state index contributed by atoms with van der Waals surface area (Å²) in [6.07, 6.45) is 5.40. The minimum absolute atomic E-state index is 0.000692. The van der Waals surface area contributed by atoms with Gasteiger partial charge in [-0.3, -0.25) is 9.69 Å². The molecule has 2 aromatic carbocycles.